The fraction of sp³-hybridized carbons (Fsp3) is 0.500. The van der Waals surface area contributed by atoms with Crippen LogP contribution < -0.4 is 11.1 Å². The molecule has 1 rings (SSSR count). The average molecular weight is 305 g/mol. The van der Waals surface area contributed by atoms with E-state index < -0.39 is 5.41 Å². The van der Waals surface area contributed by atoms with Gasteiger partial charge in [-0.2, -0.15) is 0 Å². The zero-order valence-electron chi connectivity index (χ0n) is 11.6. The van der Waals surface area contributed by atoms with Gasteiger partial charge in [-0.25, -0.2) is 0 Å². The van der Waals surface area contributed by atoms with Crippen molar-refractivity contribution in [1.29, 1.82) is 0 Å². The Kier molecular flexibility index (Phi) is 7.42. The lowest BCUT2D eigenvalue weighted by molar-refractivity contribution is -0.125. The van der Waals surface area contributed by atoms with Gasteiger partial charge >= 0.3 is 0 Å². The highest BCUT2D eigenvalue weighted by Gasteiger charge is 2.29. The molecule has 0 bridgehead atoms. The van der Waals surface area contributed by atoms with E-state index in [-0.39, 0.29) is 24.2 Å². The van der Waals surface area contributed by atoms with Crippen LogP contribution in [0.2, 0.25) is 5.02 Å². The molecule has 0 saturated carbocycles. The molecule has 108 valence electrons. The number of nitrogens with one attached hydrogen (secondary N) is 1. The Hall–Kier alpha value is -0.770. The lowest BCUT2D eigenvalue weighted by atomic mass is 9.83. The Bertz CT molecular complexity index is 404. The van der Waals surface area contributed by atoms with E-state index in [0.717, 1.165) is 5.56 Å². The van der Waals surface area contributed by atoms with Gasteiger partial charge < -0.3 is 11.1 Å². The molecule has 1 amide bonds. The molecule has 0 aliphatic carbocycles. The molecule has 0 fully saturated rings. The Morgan fingerprint density at radius 2 is 1.89 bits per heavy atom. The first-order chi connectivity index (χ1) is 8.37. The summed E-state index contributed by atoms with van der Waals surface area (Å²) in [6.07, 6.45) is 0. The second kappa shape index (κ2) is 7.73. The lowest BCUT2D eigenvalue weighted by Crippen LogP contribution is -2.42. The average Bonchev–Trinajstić information content (AvgIpc) is 2.35. The van der Waals surface area contributed by atoms with E-state index in [2.05, 4.69) is 5.32 Å². The topological polar surface area (TPSA) is 55.1 Å². The molecule has 0 heterocycles. The van der Waals surface area contributed by atoms with Gasteiger partial charge in [-0.15, -0.1) is 12.4 Å². The third-order valence-electron chi connectivity index (χ3n) is 3.15. The van der Waals surface area contributed by atoms with Crippen LogP contribution >= 0.6 is 24.0 Å². The molecule has 19 heavy (non-hydrogen) atoms. The van der Waals surface area contributed by atoms with Gasteiger partial charge in [0.2, 0.25) is 5.91 Å². The van der Waals surface area contributed by atoms with E-state index in [4.69, 9.17) is 17.3 Å². The molecule has 0 aliphatic heterocycles. The van der Waals surface area contributed by atoms with E-state index in [1.54, 1.807) is 12.1 Å². The largest absolute Gasteiger partial charge is 0.355 e. The van der Waals surface area contributed by atoms with Gasteiger partial charge in [0.1, 0.15) is 0 Å². The summed E-state index contributed by atoms with van der Waals surface area (Å²) < 4.78 is 0. The van der Waals surface area contributed by atoms with Crippen LogP contribution in [0.3, 0.4) is 0 Å². The Balaban J connectivity index is 0.00000324. The van der Waals surface area contributed by atoms with Gasteiger partial charge in [0.15, 0.2) is 0 Å². The highest BCUT2D eigenvalue weighted by Crippen LogP contribution is 2.24. The Morgan fingerprint density at radius 3 is 2.37 bits per heavy atom. The number of amides is 1. The van der Waals surface area contributed by atoms with Crippen molar-refractivity contribution in [3.63, 3.8) is 0 Å². The Labute approximate surface area is 126 Å². The molecule has 0 aromatic heterocycles. The minimum absolute atomic E-state index is 0. The molecule has 1 atom stereocenters. The van der Waals surface area contributed by atoms with Crippen LogP contribution in [-0.2, 0) is 10.2 Å². The van der Waals surface area contributed by atoms with Crippen LogP contribution in [0.15, 0.2) is 24.3 Å². The molecular formula is C14H22Cl2N2O. The third-order valence-corrected chi connectivity index (χ3v) is 3.40. The fourth-order valence-electron chi connectivity index (χ4n) is 1.57. The first-order valence-electron chi connectivity index (χ1n) is 6.12. The highest BCUT2D eigenvalue weighted by molar-refractivity contribution is 6.30. The minimum atomic E-state index is -0.571. The van der Waals surface area contributed by atoms with Gasteiger partial charge in [0.25, 0.3) is 0 Å². The first kappa shape index (κ1) is 18.2. The molecular weight excluding hydrogens is 283 g/mol. The number of carbonyl (C=O) groups excluding carboxylic acids is 1. The highest BCUT2D eigenvalue weighted by atomic mass is 35.5. The van der Waals surface area contributed by atoms with Crippen molar-refractivity contribution in [2.24, 2.45) is 11.7 Å². The maximum atomic E-state index is 12.2. The fourth-order valence-corrected chi connectivity index (χ4v) is 1.69. The van der Waals surface area contributed by atoms with Gasteiger partial charge in [0.05, 0.1) is 5.41 Å². The van der Waals surface area contributed by atoms with Gasteiger partial charge in [0, 0.05) is 11.6 Å². The van der Waals surface area contributed by atoms with E-state index in [0.29, 0.717) is 18.1 Å². The number of hydrogen-bond donors (Lipinski definition) is 2. The van der Waals surface area contributed by atoms with Gasteiger partial charge in [-0.1, -0.05) is 30.7 Å². The number of nitrogens with two attached hydrogens (primary N) is 1. The second-order valence-corrected chi connectivity index (χ2v) is 5.62. The first-order valence-corrected chi connectivity index (χ1v) is 6.50. The van der Waals surface area contributed by atoms with Crippen LogP contribution in [0.5, 0.6) is 0 Å². The van der Waals surface area contributed by atoms with Crippen molar-refractivity contribution >= 4 is 29.9 Å². The quantitative estimate of drug-likeness (QED) is 0.879. The molecule has 1 aromatic carbocycles. The maximum Gasteiger partial charge on any atom is 0.230 e. The van der Waals surface area contributed by atoms with E-state index in [9.17, 15) is 4.79 Å². The normalized spacial score (nSPS) is 12.5. The number of hydrogen-bond acceptors (Lipinski definition) is 2. The maximum absolute atomic E-state index is 12.2. The predicted octanol–water partition coefficient (Wildman–Crippen LogP) is 2.75. The summed E-state index contributed by atoms with van der Waals surface area (Å²) in [4.78, 5) is 12.2. The van der Waals surface area contributed by atoms with Crippen molar-refractivity contribution < 1.29 is 4.79 Å². The number of rotatable bonds is 5. The van der Waals surface area contributed by atoms with Crippen LogP contribution in [0.1, 0.15) is 26.3 Å². The summed E-state index contributed by atoms with van der Waals surface area (Å²) in [6.45, 7) is 6.99. The summed E-state index contributed by atoms with van der Waals surface area (Å²) >= 11 is 5.85. The van der Waals surface area contributed by atoms with E-state index in [1.165, 1.54) is 0 Å². The molecule has 5 heteroatoms. The molecule has 0 spiro atoms. The molecule has 1 unspecified atom stereocenters. The summed E-state index contributed by atoms with van der Waals surface area (Å²) in [5.74, 6) is 0.292. The van der Waals surface area contributed by atoms with Crippen molar-refractivity contribution in [2.75, 3.05) is 13.1 Å². The molecule has 0 aliphatic rings. The summed E-state index contributed by atoms with van der Waals surface area (Å²) in [6, 6.07) is 7.37. The summed E-state index contributed by atoms with van der Waals surface area (Å²) in [7, 11) is 0. The monoisotopic (exact) mass is 304 g/mol. The zero-order valence-corrected chi connectivity index (χ0v) is 13.1. The smallest absolute Gasteiger partial charge is 0.230 e. The number of halogens is 2. The van der Waals surface area contributed by atoms with Crippen molar-refractivity contribution in [2.45, 2.75) is 26.2 Å². The lowest BCUT2D eigenvalue weighted by Gasteiger charge is -2.25. The van der Waals surface area contributed by atoms with E-state index >= 15 is 0 Å². The third kappa shape index (κ3) is 5.01. The molecule has 0 radical (unpaired) electrons. The molecule has 3 nitrogen and oxygen atoms in total. The van der Waals surface area contributed by atoms with Crippen LogP contribution in [-0.4, -0.2) is 19.0 Å². The number of benzene rings is 1. The minimum Gasteiger partial charge on any atom is -0.355 e. The summed E-state index contributed by atoms with van der Waals surface area (Å²) in [5, 5.41) is 3.61. The van der Waals surface area contributed by atoms with Crippen LogP contribution in [0.25, 0.3) is 0 Å². The second-order valence-electron chi connectivity index (χ2n) is 5.18. The van der Waals surface area contributed by atoms with Crippen LogP contribution in [0, 0.1) is 5.92 Å². The standard InChI is InChI=1S/C14H21ClN2O.ClH/c1-10(8-16)9-17-13(18)14(2,3)11-4-6-12(15)7-5-11;/h4-7,10H,8-9,16H2,1-3H3,(H,17,18);1H. The molecule has 0 saturated heterocycles. The van der Waals surface area contributed by atoms with Crippen molar-refractivity contribution in [3.8, 4) is 0 Å². The Morgan fingerprint density at radius 1 is 1.37 bits per heavy atom. The molecule has 3 N–H and O–H groups in total. The predicted molar refractivity (Wildman–Crippen MR) is 83.0 cm³/mol. The van der Waals surface area contributed by atoms with Crippen LogP contribution in [0.4, 0.5) is 0 Å². The van der Waals surface area contributed by atoms with Gasteiger partial charge in [-0.3, -0.25) is 4.79 Å². The zero-order chi connectivity index (χ0) is 13.8. The summed E-state index contributed by atoms with van der Waals surface area (Å²) in [5.41, 5.74) is 5.91. The van der Waals surface area contributed by atoms with Crippen molar-refractivity contribution in [1.82, 2.24) is 5.32 Å². The number of carbonyl (C=O) groups is 1. The van der Waals surface area contributed by atoms with Crippen molar-refractivity contribution in [3.05, 3.63) is 34.9 Å². The molecule has 1 aromatic rings. The van der Waals surface area contributed by atoms with E-state index in [1.807, 2.05) is 32.9 Å². The SMILES string of the molecule is CC(CN)CNC(=O)C(C)(C)c1ccc(Cl)cc1.Cl. The van der Waals surface area contributed by atoms with Gasteiger partial charge in [-0.05, 0) is 44.0 Å².